The minimum absolute atomic E-state index is 0.0207. The van der Waals surface area contributed by atoms with E-state index < -0.39 is 5.41 Å². The van der Waals surface area contributed by atoms with Crippen molar-refractivity contribution in [1.29, 1.82) is 0 Å². The van der Waals surface area contributed by atoms with Crippen LogP contribution in [0, 0.1) is 11.3 Å². The number of pyridine rings is 1. The van der Waals surface area contributed by atoms with E-state index >= 15 is 0 Å². The first-order chi connectivity index (χ1) is 12.7. The summed E-state index contributed by atoms with van der Waals surface area (Å²) in [5.74, 6) is 1.44. The summed E-state index contributed by atoms with van der Waals surface area (Å²) in [6, 6.07) is 5.60. The van der Waals surface area contributed by atoms with Gasteiger partial charge < -0.3 is 19.7 Å². The zero-order valence-electron chi connectivity index (χ0n) is 14.6. The topological polar surface area (TPSA) is 89.5 Å². The molecule has 0 aromatic carbocycles. The zero-order valence-corrected chi connectivity index (χ0v) is 14.6. The largest absolute Gasteiger partial charge is 0.481 e. The molecular weight excluding hydrogens is 334 g/mol. The monoisotopic (exact) mass is 355 g/mol. The van der Waals surface area contributed by atoms with Crippen molar-refractivity contribution < 1.29 is 14.3 Å². The highest BCUT2D eigenvalue weighted by molar-refractivity contribution is 5.85. The number of aromatic nitrogens is 3. The number of carbonyl (C=O) groups is 1. The fraction of sp³-hybridized carbons (Fsp3) is 0.444. The summed E-state index contributed by atoms with van der Waals surface area (Å²) in [7, 11) is 1.58. The van der Waals surface area contributed by atoms with Crippen LogP contribution in [-0.4, -0.2) is 54.3 Å². The van der Waals surface area contributed by atoms with E-state index in [1.807, 2.05) is 12.1 Å². The van der Waals surface area contributed by atoms with Crippen molar-refractivity contribution in [2.45, 2.75) is 6.54 Å². The SMILES string of the molecule is COc1cc(N2C[C@@H]3COC[C@]3(C(=O)NCc3cccnc3)C2)ncn1. The number of nitrogens with zero attached hydrogens (tertiary/aromatic N) is 4. The van der Waals surface area contributed by atoms with E-state index in [-0.39, 0.29) is 11.8 Å². The Bertz CT molecular complexity index is 787. The summed E-state index contributed by atoms with van der Waals surface area (Å²) in [4.78, 5) is 27.6. The van der Waals surface area contributed by atoms with Crippen LogP contribution in [0.1, 0.15) is 5.56 Å². The molecule has 0 spiro atoms. The third kappa shape index (κ3) is 2.96. The molecule has 1 amide bonds. The van der Waals surface area contributed by atoms with Gasteiger partial charge in [0.15, 0.2) is 0 Å². The van der Waals surface area contributed by atoms with Crippen molar-refractivity contribution >= 4 is 11.7 Å². The Kier molecular flexibility index (Phi) is 4.42. The van der Waals surface area contributed by atoms with Gasteiger partial charge in [-0.3, -0.25) is 9.78 Å². The molecule has 0 bridgehead atoms. The molecule has 0 unspecified atom stereocenters. The summed E-state index contributed by atoms with van der Waals surface area (Å²) < 4.78 is 10.8. The molecular formula is C18H21N5O3. The van der Waals surface area contributed by atoms with Gasteiger partial charge in [-0.05, 0) is 11.6 Å². The first kappa shape index (κ1) is 16.7. The molecule has 2 fully saturated rings. The minimum atomic E-state index is -0.555. The molecule has 8 heteroatoms. The minimum Gasteiger partial charge on any atom is -0.481 e. The number of hydrogen-bond donors (Lipinski definition) is 1. The lowest BCUT2D eigenvalue weighted by molar-refractivity contribution is -0.131. The highest BCUT2D eigenvalue weighted by Crippen LogP contribution is 2.43. The fourth-order valence-corrected chi connectivity index (χ4v) is 3.71. The highest BCUT2D eigenvalue weighted by atomic mass is 16.5. The fourth-order valence-electron chi connectivity index (χ4n) is 3.71. The van der Waals surface area contributed by atoms with E-state index in [1.54, 1.807) is 25.6 Å². The summed E-state index contributed by atoms with van der Waals surface area (Å²) in [6.07, 6.45) is 4.96. The zero-order chi connectivity index (χ0) is 18.0. The lowest BCUT2D eigenvalue weighted by atomic mass is 9.80. The van der Waals surface area contributed by atoms with Gasteiger partial charge in [-0.2, -0.15) is 0 Å². The number of anilines is 1. The standard InChI is InChI=1S/C18H21N5O3/c1-25-16-5-15(21-12-22-16)23-8-14-9-26-11-18(14,10-23)17(24)20-7-13-3-2-4-19-6-13/h2-6,12,14H,7-11H2,1H3,(H,20,24)/t14-,18-/m1/s1. The van der Waals surface area contributed by atoms with Crippen LogP contribution in [-0.2, 0) is 16.1 Å². The average molecular weight is 355 g/mol. The maximum atomic E-state index is 13.0. The maximum absolute atomic E-state index is 13.0. The summed E-state index contributed by atoms with van der Waals surface area (Å²) in [6.45, 7) is 2.76. The molecule has 2 atom stereocenters. The third-order valence-electron chi connectivity index (χ3n) is 5.16. The van der Waals surface area contributed by atoms with Crippen molar-refractivity contribution in [3.05, 3.63) is 42.5 Å². The van der Waals surface area contributed by atoms with Gasteiger partial charge in [-0.15, -0.1) is 0 Å². The molecule has 4 heterocycles. The molecule has 0 aliphatic carbocycles. The number of rotatable bonds is 5. The predicted octanol–water partition coefficient (Wildman–Crippen LogP) is 0.649. The van der Waals surface area contributed by atoms with Crippen molar-refractivity contribution in [3.8, 4) is 5.88 Å². The first-order valence-electron chi connectivity index (χ1n) is 8.57. The molecule has 8 nitrogen and oxygen atoms in total. The van der Waals surface area contributed by atoms with Gasteiger partial charge in [0.25, 0.3) is 0 Å². The van der Waals surface area contributed by atoms with Gasteiger partial charge in [0, 0.05) is 44.0 Å². The van der Waals surface area contributed by atoms with Crippen molar-refractivity contribution in [2.24, 2.45) is 11.3 Å². The van der Waals surface area contributed by atoms with Crippen molar-refractivity contribution in [1.82, 2.24) is 20.3 Å². The van der Waals surface area contributed by atoms with Gasteiger partial charge in [0.1, 0.15) is 12.1 Å². The number of carbonyl (C=O) groups excluding carboxylic acids is 1. The van der Waals surface area contributed by atoms with Crippen molar-refractivity contribution in [3.63, 3.8) is 0 Å². The predicted molar refractivity (Wildman–Crippen MR) is 93.6 cm³/mol. The van der Waals surface area contributed by atoms with Gasteiger partial charge in [-0.1, -0.05) is 6.07 Å². The second-order valence-electron chi connectivity index (χ2n) is 6.71. The number of ether oxygens (including phenoxy) is 2. The highest BCUT2D eigenvalue weighted by Gasteiger charge is 2.56. The van der Waals surface area contributed by atoms with Crippen LogP contribution in [0.4, 0.5) is 5.82 Å². The van der Waals surface area contributed by atoms with Crippen LogP contribution >= 0.6 is 0 Å². The van der Waals surface area contributed by atoms with E-state index in [0.717, 1.165) is 17.9 Å². The van der Waals surface area contributed by atoms with Crippen LogP contribution in [0.15, 0.2) is 36.9 Å². The quantitative estimate of drug-likeness (QED) is 0.842. The molecule has 26 heavy (non-hydrogen) atoms. The van der Waals surface area contributed by atoms with Crippen LogP contribution < -0.4 is 15.0 Å². The van der Waals surface area contributed by atoms with Crippen LogP contribution in [0.3, 0.4) is 0 Å². The molecule has 0 radical (unpaired) electrons. The van der Waals surface area contributed by atoms with E-state index in [0.29, 0.717) is 32.2 Å². The Hall–Kier alpha value is -2.74. The molecule has 2 aromatic rings. The molecule has 0 saturated carbocycles. The molecule has 4 rings (SSSR count). The van der Waals surface area contributed by atoms with E-state index in [2.05, 4.69) is 25.2 Å². The summed E-state index contributed by atoms with van der Waals surface area (Å²) in [5.41, 5.74) is 0.420. The second-order valence-corrected chi connectivity index (χ2v) is 6.71. The van der Waals surface area contributed by atoms with Gasteiger partial charge >= 0.3 is 0 Å². The van der Waals surface area contributed by atoms with E-state index in [1.165, 1.54) is 6.33 Å². The average Bonchev–Trinajstić information content (AvgIpc) is 3.25. The van der Waals surface area contributed by atoms with Crippen LogP contribution in [0.25, 0.3) is 0 Å². The number of fused-ring (bicyclic) bond motifs is 1. The van der Waals surface area contributed by atoms with Gasteiger partial charge in [0.05, 0.1) is 25.7 Å². The molecule has 2 aliphatic heterocycles. The normalized spacial score (nSPS) is 24.3. The van der Waals surface area contributed by atoms with Gasteiger partial charge in [0.2, 0.25) is 11.8 Å². The number of hydrogen-bond acceptors (Lipinski definition) is 7. The van der Waals surface area contributed by atoms with E-state index in [9.17, 15) is 4.79 Å². The summed E-state index contributed by atoms with van der Waals surface area (Å²) in [5, 5.41) is 3.05. The number of nitrogens with one attached hydrogen (secondary N) is 1. The summed E-state index contributed by atoms with van der Waals surface area (Å²) >= 11 is 0. The van der Waals surface area contributed by atoms with E-state index in [4.69, 9.17) is 9.47 Å². The molecule has 136 valence electrons. The lowest BCUT2D eigenvalue weighted by Gasteiger charge is -2.26. The Morgan fingerprint density at radius 2 is 2.42 bits per heavy atom. The first-order valence-corrected chi connectivity index (χ1v) is 8.57. The molecule has 2 aliphatic rings. The lowest BCUT2D eigenvalue weighted by Crippen LogP contribution is -2.46. The second kappa shape index (κ2) is 6.87. The molecule has 2 aromatic heterocycles. The smallest absolute Gasteiger partial charge is 0.231 e. The van der Waals surface area contributed by atoms with Crippen LogP contribution in [0.2, 0.25) is 0 Å². The molecule has 2 saturated heterocycles. The third-order valence-corrected chi connectivity index (χ3v) is 5.16. The maximum Gasteiger partial charge on any atom is 0.231 e. The Labute approximate surface area is 151 Å². The Morgan fingerprint density at radius 1 is 1.50 bits per heavy atom. The number of methoxy groups -OCH3 is 1. The number of amides is 1. The Balaban J connectivity index is 1.49. The molecule has 1 N–H and O–H groups in total. The van der Waals surface area contributed by atoms with Gasteiger partial charge in [-0.25, -0.2) is 9.97 Å². The van der Waals surface area contributed by atoms with Crippen LogP contribution in [0.5, 0.6) is 5.88 Å². The van der Waals surface area contributed by atoms with Crippen molar-refractivity contribution in [2.75, 3.05) is 38.3 Å². The Morgan fingerprint density at radius 3 is 3.23 bits per heavy atom.